The lowest BCUT2D eigenvalue weighted by molar-refractivity contribution is 0.255. The van der Waals surface area contributed by atoms with Crippen LogP contribution in [0.25, 0.3) is 10.8 Å². The van der Waals surface area contributed by atoms with Crippen molar-refractivity contribution < 1.29 is 13.2 Å². The summed E-state index contributed by atoms with van der Waals surface area (Å²) in [4.78, 5) is 0.0344. The number of halogens is 1. The maximum atomic E-state index is 11.6. The maximum absolute atomic E-state index is 11.6. The Kier molecular flexibility index (Phi) is 4.17. The summed E-state index contributed by atoms with van der Waals surface area (Å²) in [7, 11) is 1.60. The Balaban J connectivity index is 2.64. The van der Waals surface area contributed by atoms with Gasteiger partial charge in [0.15, 0.2) is 6.10 Å². The Morgan fingerprint density at radius 3 is 2.45 bits per heavy atom. The van der Waals surface area contributed by atoms with Crippen LogP contribution in [-0.4, -0.2) is 14.5 Å². The molecule has 0 heterocycles. The number of nitrogens with zero attached hydrogens (tertiary/aromatic N) is 1. The second-order valence-corrected chi connectivity index (χ2v) is 6.72. The zero-order valence-corrected chi connectivity index (χ0v) is 12.3. The third-order valence-electron chi connectivity index (χ3n) is 2.89. The number of hydrogen-bond acceptors (Lipinski definition) is 4. The molecule has 2 aromatic carbocycles. The number of fused-ring (bicyclic) bond motifs is 1. The monoisotopic (exact) mass is 309 g/mol. The number of ether oxygens (including phenoxy) is 1. The van der Waals surface area contributed by atoms with Crippen molar-refractivity contribution in [1.82, 2.24) is 0 Å². The van der Waals surface area contributed by atoms with Crippen LogP contribution in [0.1, 0.15) is 13.3 Å². The van der Waals surface area contributed by atoms with Crippen LogP contribution in [-0.2, 0) is 9.05 Å². The lowest BCUT2D eigenvalue weighted by Crippen LogP contribution is -2.12. The maximum Gasteiger partial charge on any atom is 0.261 e. The second-order valence-electron chi connectivity index (χ2n) is 4.19. The predicted octanol–water partition coefficient (Wildman–Crippen LogP) is 3.45. The first-order valence-electron chi connectivity index (χ1n) is 6.00. The largest absolute Gasteiger partial charge is 0.475 e. The van der Waals surface area contributed by atoms with Gasteiger partial charge in [-0.2, -0.15) is 5.26 Å². The number of nitriles is 1. The molecule has 0 radical (unpaired) electrons. The molecule has 4 nitrogen and oxygen atoms in total. The quantitative estimate of drug-likeness (QED) is 0.811. The molecule has 0 amide bonds. The Morgan fingerprint density at radius 1 is 1.25 bits per heavy atom. The van der Waals surface area contributed by atoms with E-state index in [1.54, 1.807) is 24.3 Å². The molecule has 0 aromatic heterocycles. The minimum atomic E-state index is -3.83. The molecule has 0 saturated carbocycles. The van der Waals surface area contributed by atoms with E-state index in [-0.39, 0.29) is 4.90 Å². The first-order valence-corrected chi connectivity index (χ1v) is 8.31. The summed E-state index contributed by atoms with van der Waals surface area (Å²) in [5.41, 5.74) is 0. The van der Waals surface area contributed by atoms with E-state index in [1.165, 1.54) is 12.1 Å². The van der Waals surface area contributed by atoms with Gasteiger partial charge in [-0.15, -0.1) is 0 Å². The number of benzene rings is 2. The fraction of sp³-hybridized carbons (Fsp3) is 0.214. The highest BCUT2D eigenvalue weighted by Crippen LogP contribution is 2.33. The molecule has 0 spiro atoms. The fourth-order valence-corrected chi connectivity index (χ4v) is 2.99. The fourth-order valence-electron chi connectivity index (χ4n) is 1.91. The number of hydrogen-bond donors (Lipinski definition) is 0. The van der Waals surface area contributed by atoms with E-state index in [1.807, 2.05) is 13.0 Å². The van der Waals surface area contributed by atoms with Crippen LogP contribution in [0.2, 0.25) is 0 Å². The van der Waals surface area contributed by atoms with Gasteiger partial charge in [-0.25, -0.2) is 8.42 Å². The highest BCUT2D eigenvalue weighted by Gasteiger charge is 2.17. The van der Waals surface area contributed by atoms with Gasteiger partial charge in [0.25, 0.3) is 9.05 Å². The molecule has 2 rings (SSSR count). The molecule has 0 aliphatic carbocycles. The second kappa shape index (κ2) is 5.70. The standard InChI is InChI=1S/C14H12ClNO3S/c1-2-10(9-16)19-13-7-8-14(20(15,17)18)12-6-4-3-5-11(12)13/h3-8,10H,2H2,1H3. The zero-order chi connectivity index (χ0) is 14.8. The van der Waals surface area contributed by atoms with Crippen LogP contribution in [0.4, 0.5) is 0 Å². The molecule has 0 bridgehead atoms. The molecule has 0 fully saturated rings. The van der Waals surface area contributed by atoms with Gasteiger partial charge in [0.05, 0.1) is 4.90 Å². The molecular weight excluding hydrogens is 298 g/mol. The summed E-state index contributed by atoms with van der Waals surface area (Å²) in [6.45, 7) is 1.84. The minimum Gasteiger partial charge on any atom is -0.475 e. The van der Waals surface area contributed by atoms with Gasteiger partial charge in [0, 0.05) is 21.5 Å². The van der Waals surface area contributed by atoms with Gasteiger partial charge in [-0.3, -0.25) is 0 Å². The summed E-state index contributed by atoms with van der Waals surface area (Å²) in [5, 5.41) is 10.0. The predicted molar refractivity (Wildman–Crippen MR) is 77.3 cm³/mol. The van der Waals surface area contributed by atoms with Gasteiger partial charge in [-0.05, 0) is 18.6 Å². The highest BCUT2D eigenvalue weighted by molar-refractivity contribution is 8.14. The van der Waals surface area contributed by atoms with Crippen molar-refractivity contribution in [2.75, 3.05) is 0 Å². The highest BCUT2D eigenvalue weighted by atomic mass is 35.7. The molecule has 6 heteroatoms. The Morgan fingerprint density at radius 2 is 1.90 bits per heavy atom. The Bertz CT molecular complexity index is 781. The van der Waals surface area contributed by atoms with E-state index in [0.29, 0.717) is 22.9 Å². The normalized spacial score (nSPS) is 12.8. The first-order chi connectivity index (χ1) is 9.47. The summed E-state index contributed by atoms with van der Waals surface area (Å²) in [5.74, 6) is 0.470. The summed E-state index contributed by atoms with van der Waals surface area (Å²) in [6.07, 6.45) is -0.0303. The topological polar surface area (TPSA) is 67.2 Å². The average molecular weight is 310 g/mol. The van der Waals surface area contributed by atoms with Crippen LogP contribution in [0, 0.1) is 11.3 Å². The molecule has 0 aliphatic heterocycles. The van der Waals surface area contributed by atoms with Crippen molar-refractivity contribution in [3.8, 4) is 11.8 Å². The molecule has 0 aliphatic rings. The molecule has 1 atom stereocenters. The third-order valence-corrected chi connectivity index (χ3v) is 4.27. The third kappa shape index (κ3) is 2.87. The van der Waals surface area contributed by atoms with Crippen LogP contribution >= 0.6 is 10.7 Å². The van der Waals surface area contributed by atoms with Gasteiger partial charge >= 0.3 is 0 Å². The average Bonchev–Trinajstić information content (AvgIpc) is 2.43. The molecule has 0 saturated heterocycles. The van der Waals surface area contributed by atoms with Crippen LogP contribution in [0.5, 0.6) is 5.75 Å². The van der Waals surface area contributed by atoms with Crippen molar-refractivity contribution in [3.05, 3.63) is 36.4 Å². The Labute approximate surface area is 122 Å². The van der Waals surface area contributed by atoms with Crippen molar-refractivity contribution in [2.45, 2.75) is 24.3 Å². The van der Waals surface area contributed by atoms with Crippen molar-refractivity contribution in [2.24, 2.45) is 0 Å². The van der Waals surface area contributed by atoms with E-state index in [9.17, 15) is 8.42 Å². The van der Waals surface area contributed by atoms with Crippen molar-refractivity contribution in [3.63, 3.8) is 0 Å². The van der Waals surface area contributed by atoms with E-state index < -0.39 is 15.2 Å². The van der Waals surface area contributed by atoms with E-state index in [4.69, 9.17) is 20.7 Å². The molecule has 20 heavy (non-hydrogen) atoms. The summed E-state index contributed by atoms with van der Waals surface area (Å²) in [6, 6.07) is 11.8. The van der Waals surface area contributed by atoms with Gasteiger partial charge in [0.2, 0.25) is 0 Å². The van der Waals surface area contributed by atoms with Crippen molar-refractivity contribution in [1.29, 1.82) is 5.26 Å². The molecule has 104 valence electrons. The van der Waals surface area contributed by atoms with Gasteiger partial charge in [-0.1, -0.05) is 31.2 Å². The van der Waals surface area contributed by atoms with E-state index in [2.05, 4.69) is 0 Å². The van der Waals surface area contributed by atoms with Gasteiger partial charge in [0.1, 0.15) is 11.8 Å². The first kappa shape index (κ1) is 14.6. The SMILES string of the molecule is CCC(C#N)Oc1ccc(S(=O)(=O)Cl)c2ccccc12. The van der Waals surface area contributed by atoms with E-state index >= 15 is 0 Å². The number of rotatable bonds is 4. The smallest absolute Gasteiger partial charge is 0.261 e. The Hall–Kier alpha value is -1.77. The van der Waals surface area contributed by atoms with Gasteiger partial charge < -0.3 is 4.74 Å². The lowest BCUT2D eigenvalue weighted by Gasteiger charge is -2.14. The van der Waals surface area contributed by atoms with Crippen molar-refractivity contribution >= 4 is 30.5 Å². The van der Waals surface area contributed by atoms with Crippen LogP contribution in [0.3, 0.4) is 0 Å². The molecular formula is C14H12ClNO3S. The van der Waals surface area contributed by atoms with Crippen LogP contribution < -0.4 is 4.74 Å². The zero-order valence-electron chi connectivity index (χ0n) is 10.7. The lowest BCUT2D eigenvalue weighted by atomic mass is 10.1. The molecule has 2 aromatic rings. The molecule has 1 unspecified atom stereocenters. The minimum absolute atomic E-state index is 0.0344. The molecule has 0 N–H and O–H groups in total. The van der Waals surface area contributed by atoms with Crippen LogP contribution in [0.15, 0.2) is 41.3 Å². The summed E-state index contributed by atoms with van der Waals surface area (Å²) >= 11 is 0. The summed E-state index contributed by atoms with van der Waals surface area (Å²) < 4.78 is 28.7. The van der Waals surface area contributed by atoms with E-state index in [0.717, 1.165) is 0 Å².